The van der Waals surface area contributed by atoms with Gasteiger partial charge in [-0.05, 0) is 39.3 Å². The maximum atomic E-state index is 5.76. The van der Waals surface area contributed by atoms with E-state index in [0.29, 0.717) is 6.61 Å². The molecule has 1 heterocycles. The predicted octanol–water partition coefficient (Wildman–Crippen LogP) is 3.16. The molecule has 1 atom stereocenters. The highest BCUT2D eigenvalue weighted by Gasteiger charge is 2.15. The largest absolute Gasteiger partial charge is 0.371 e. The maximum absolute atomic E-state index is 5.76. The van der Waals surface area contributed by atoms with E-state index in [-0.39, 0.29) is 6.10 Å². The number of hydrogen-bond donors (Lipinski definition) is 1. The highest BCUT2D eigenvalue weighted by Crippen LogP contribution is 2.20. The average molecular weight is 265 g/mol. The van der Waals surface area contributed by atoms with Gasteiger partial charge >= 0.3 is 0 Å². The molecule has 19 heavy (non-hydrogen) atoms. The van der Waals surface area contributed by atoms with Gasteiger partial charge in [0.2, 0.25) is 0 Å². The lowest BCUT2D eigenvalue weighted by Gasteiger charge is -2.16. The fourth-order valence-corrected chi connectivity index (χ4v) is 2.04. The molecule has 4 heteroatoms. The van der Waals surface area contributed by atoms with Crippen LogP contribution in [0.2, 0.25) is 0 Å². The fourth-order valence-electron chi connectivity index (χ4n) is 2.04. The molecule has 0 fully saturated rings. The Labute approximate surface area is 117 Å². The van der Waals surface area contributed by atoms with Crippen molar-refractivity contribution in [1.29, 1.82) is 0 Å². The zero-order valence-electron chi connectivity index (χ0n) is 12.7. The van der Waals surface area contributed by atoms with Gasteiger partial charge in [0.1, 0.15) is 6.10 Å². The van der Waals surface area contributed by atoms with E-state index in [9.17, 15) is 0 Å². The summed E-state index contributed by atoms with van der Waals surface area (Å²) in [5, 5.41) is 3.38. The average Bonchev–Trinajstić information content (AvgIpc) is 2.38. The summed E-state index contributed by atoms with van der Waals surface area (Å²) in [5.41, 5.74) is 2.07. The molecule has 1 N–H and O–H groups in total. The van der Waals surface area contributed by atoms with Gasteiger partial charge in [0.25, 0.3) is 0 Å². The molecule has 0 bridgehead atoms. The van der Waals surface area contributed by atoms with Crippen molar-refractivity contribution in [1.82, 2.24) is 15.3 Å². The van der Waals surface area contributed by atoms with Crippen molar-refractivity contribution < 1.29 is 4.74 Å². The van der Waals surface area contributed by atoms with Crippen molar-refractivity contribution in [2.45, 2.75) is 59.6 Å². The van der Waals surface area contributed by atoms with Gasteiger partial charge < -0.3 is 10.1 Å². The SMILES string of the molecule is CCCNCc1cc(C)nc(C(CCC)OCC)n1. The zero-order chi connectivity index (χ0) is 14.1. The Morgan fingerprint density at radius 3 is 2.63 bits per heavy atom. The Morgan fingerprint density at radius 2 is 2.00 bits per heavy atom. The molecular formula is C15H27N3O. The zero-order valence-corrected chi connectivity index (χ0v) is 12.7. The van der Waals surface area contributed by atoms with E-state index in [0.717, 1.165) is 49.6 Å². The minimum atomic E-state index is 0.0276. The molecule has 1 rings (SSSR count). The molecule has 0 amide bonds. The van der Waals surface area contributed by atoms with Gasteiger partial charge in [-0.1, -0.05) is 20.3 Å². The Balaban J connectivity index is 2.80. The van der Waals surface area contributed by atoms with Crippen LogP contribution in [0.3, 0.4) is 0 Å². The van der Waals surface area contributed by atoms with Crippen LogP contribution in [0.25, 0.3) is 0 Å². The van der Waals surface area contributed by atoms with Gasteiger partial charge in [-0.25, -0.2) is 9.97 Å². The van der Waals surface area contributed by atoms with E-state index < -0.39 is 0 Å². The number of ether oxygens (including phenoxy) is 1. The van der Waals surface area contributed by atoms with Gasteiger partial charge in [0.05, 0.1) is 5.69 Å². The van der Waals surface area contributed by atoms with Crippen molar-refractivity contribution in [2.24, 2.45) is 0 Å². The van der Waals surface area contributed by atoms with Crippen molar-refractivity contribution in [3.05, 3.63) is 23.3 Å². The lowest BCUT2D eigenvalue weighted by atomic mass is 10.2. The van der Waals surface area contributed by atoms with Crippen molar-refractivity contribution in [2.75, 3.05) is 13.2 Å². The molecule has 1 aromatic heterocycles. The fraction of sp³-hybridized carbons (Fsp3) is 0.733. The summed E-state index contributed by atoms with van der Waals surface area (Å²) in [6.07, 6.45) is 3.21. The molecule has 0 spiro atoms. The first-order valence-corrected chi connectivity index (χ1v) is 7.38. The molecule has 0 saturated heterocycles. The van der Waals surface area contributed by atoms with Crippen molar-refractivity contribution in [3.8, 4) is 0 Å². The molecule has 4 nitrogen and oxygen atoms in total. The van der Waals surface area contributed by atoms with Crippen LogP contribution in [-0.2, 0) is 11.3 Å². The third-order valence-electron chi connectivity index (χ3n) is 2.86. The van der Waals surface area contributed by atoms with Gasteiger partial charge in [0, 0.05) is 18.8 Å². The lowest BCUT2D eigenvalue weighted by molar-refractivity contribution is 0.0491. The minimum absolute atomic E-state index is 0.0276. The van der Waals surface area contributed by atoms with Crippen molar-refractivity contribution >= 4 is 0 Å². The Hall–Kier alpha value is -1.00. The molecule has 1 aromatic rings. The molecule has 0 aliphatic carbocycles. The molecule has 0 radical (unpaired) electrons. The number of rotatable bonds is 9. The van der Waals surface area contributed by atoms with E-state index in [2.05, 4.69) is 29.1 Å². The van der Waals surface area contributed by atoms with Crippen LogP contribution in [0.5, 0.6) is 0 Å². The molecule has 0 aromatic carbocycles. The quantitative estimate of drug-likeness (QED) is 0.697. The smallest absolute Gasteiger partial charge is 0.157 e. The van der Waals surface area contributed by atoms with Crippen LogP contribution in [0.15, 0.2) is 6.07 Å². The summed E-state index contributed by atoms with van der Waals surface area (Å²) in [5.74, 6) is 0.831. The van der Waals surface area contributed by atoms with Gasteiger partial charge in [-0.15, -0.1) is 0 Å². The van der Waals surface area contributed by atoms with E-state index in [1.807, 2.05) is 19.9 Å². The molecule has 0 aliphatic rings. The Morgan fingerprint density at radius 1 is 1.21 bits per heavy atom. The lowest BCUT2D eigenvalue weighted by Crippen LogP contribution is -2.17. The normalized spacial score (nSPS) is 12.6. The van der Waals surface area contributed by atoms with Crippen LogP contribution in [-0.4, -0.2) is 23.1 Å². The first kappa shape index (κ1) is 16.1. The van der Waals surface area contributed by atoms with E-state index in [1.165, 1.54) is 0 Å². The number of nitrogens with zero attached hydrogens (tertiary/aromatic N) is 2. The first-order valence-electron chi connectivity index (χ1n) is 7.38. The standard InChI is InChI=1S/C15H27N3O/c1-5-8-14(19-7-3)15-17-12(4)10-13(18-15)11-16-9-6-2/h10,14,16H,5-9,11H2,1-4H3. The van der Waals surface area contributed by atoms with Crippen LogP contribution in [0.4, 0.5) is 0 Å². The molecular weight excluding hydrogens is 238 g/mol. The summed E-state index contributed by atoms with van der Waals surface area (Å²) < 4.78 is 5.76. The summed E-state index contributed by atoms with van der Waals surface area (Å²) in [6.45, 7) is 10.9. The molecule has 0 saturated carbocycles. The molecule has 1 unspecified atom stereocenters. The van der Waals surface area contributed by atoms with Gasteiger partial charge in [-0.3, -0.25) is 0 Å². The Kier molecular flexibility index (Phi) is 7.60. The van der Waals surface area contributed by atoms with E-state index in [1.54, 1.807) is 0 Å². The molecule has 108 valence electrons. The number of hydrogen-bond acceptors (Lipinski definition) is 4. The predicted molar refractivity (Wildman–Crippen MR) is 78.0 cm³/mol. The van der Waals surface area contributed by atoms with E-state index >= 15 is 0 Å². The summed E-state index contributed by atoms with van der Waals surface area (Å²) >= 11 is 0. The van der Waals surface area contributed by atoms with Gasteiger partial charge in [0.15, 0.2) is 5.82 Å². The molecule has 0 aliphatic heterocycles. The van der Waals surface area contributed by atoms with Crippen molar-refractivity contribution in [3.63, 3.8) is 0 Å². The summed E-state index contributed by atoms with van der Waals surface area (Å²) in [7, 11) is 0. The topological polar surface area (TPSA) is 47.0 Å². The van der Waals surface area contributed by atoms with E-state index in [4.69, 9.17) is 4.74 Å². The van der Waals surface area contributed by atoms with Crippen LogP contribution >= 0.6 is 0 Å². The second-order valence-corrected chi connectivity index (χ2v) is 4.77. The third kappa shape index (κ3) is 5.66. The number of aryl methyl sites for hydroxylation is 1. The second-order valence-electron chi connectivity index (χ2n) is 4.77. The minimum Gasteiger partial charge on any atom is -0.371 e. The maximum Gasteiger partial charge on any atom is 0.157 e. The highest BCUT2D eigenvalue weighted by atomic mass is 16.5. The number of nitrogens with one attached hydrogen (secondary N) is 1. The van der Waals surface area contributed by atoms with Gasteiger partial charge in [-0.2, -0.15) is 0 Å². The monoisotopic (exact) mass is 265 g/mol. The Bertz CT molecular complexity index is 362. The second kappa shape index (κ2) is 8.99. The first-order chi connectivity index (χ1) is 9.21. The highest BCUT2D eigenvalue weighted by molar-refractivity contribution is 5.11. The van der Waals surface area contributed by atoms with Crippen LogP contribution in [0, 0.1) is 6.92 Å². The third-order valence-corrected chi connectivity index (χ3v) is 2.86. The summed E-state index contributed by atoms with van der Waals surface area (Å²) in [6, 6.07) is 2.04. The summed E-state index contributed by atoms with van der Waals surface area (Å²) in [4.78, 5) is 9.18. The number of aromatic nitrogens is 2. The van der Waals surface area contributed by atoms with Crippen LogP contribution in [0.1, 0.15) is 63.3 Å². The van der Waals surface area contributed by atoms with Crippen LogP contribution < -0.4 is 5.32 Å².